The summed E-state index contributed by atoms with van der Waals surface area (Å²) in [6.07, 6.45) is 0.240. The Hall–Kier alpha value is -2.60. The number of benzene rings is 2. The van der Waals surface area contributed by atoms with Gasteiger partial charge < -0.3 is 19.9 Å². The van der Waals surface area contributed by atoms with Crippen molar-refractivity contribution in [1.82, 2.24) is 5.32 Å². The normalized spacial score (nSPS) is 10.5. The Balaban J connectivity index is 1.95. The van der Waals surface area contributed by atoms with E-state index in [1.54, 1.807) is 7.11 Å². The zero-order valence-corrected chi connectivity index (χ0v) is 12.9. The van der Waals surface area contributed by atoms with E-state index in [1.807, 2.05) is 36.4 Å². The van der Waals surface area contributed by atoms with Crippen LogP contribution in [0.1, 0.15) is 5.56 Å². The summed E-state index contributed by atoms with van der Waals surface area (Å²) < 4.78 is 10.1. The van der Waals surface area contributed by atoms with E-state index in [9.17, 15) is 9.59 Å². The van der Waals surface area contributed by atoms with Crippen molar-refractivity contribution in [3.8, 4) is 5.75 Å². The summed E-state index contributed by atoms with van der Waals surface area (Å²) in [6, 6.07) is 11.5. The molecule has 0 aromatic heterocycles. The summed E-state index contributed by atoms with van der Waals surface area (Å²) in [5, 5.41) is 13.2. The van der Waals surface area contributed by atoms with Gasteiger partial charge in [-0.1, -0.05) is 24.3 Å². The fourth-order valence-electron chi connectivity index (χ4n) is 2.26. The molecule has 0 radical (unpaired) electrons. The van der Waals surface area contributed by atoms with E-state index in [2.05, 4.69) is 5.32 Å². The molecule has 0 heterocycles. The third-order valence-electron chi connectivity index (χ3n) is 3.32. The van der Waals surface area contributed by atoms with Crippen LogP contribution in [0.3, 0.4) is 0 Å². The van der Waals surface area contributed by atoms with Gasteiger partial charge in [0.25, 0.3) is 0 Å². The van der Waals surface area contributed by atoms with Crippen LogP contribution in [0.25, 0.3) is 10.8 Å². The first kappa shape index (κ1) is 16.8. The molecule has 2 aromatic rings. The summed E-state index contributed by atoms with van der Waals surface area (Å²) >= 11 is 0. The quantitative estimate of drug-likeness (QED) is 0.723. The first-order valence-corrected chi connectivity index (χ1v) is 7.22. The maximum atomic E-state index is 12.0. The molecule has 0 spiro atoms. The highest BCUT2D eigenvalue weighted by atomic mass is 16.5. The van der Waals surface area contributed by atoms with Crippen LogP contribution in [0.5, 0.6) is 5.75 Å². The Morgan fingerprint density at radius 1 is 1.22 bits per heavy atom. The summed E-state index contributed by atoms with van der Waals surface area (Å²) in [5.41, 5.74) is 0.908. The van der Waals surface area contributed by atoms with E-state index < -0.39 is 5.97 Å². The lowest BCUT2D eigenvalue weighted by atomic mass is 10.0. The van der Waals surface area contributed by atoms with Gasteiger partial charge in [-0.3, -0.25) is 4.79 Å². The highest BCUT2D eigenvalue weighted by molar-refractivity contribution is 5.91. The number of carboxylic acids is 1. The molecular weight excluding hydrogens is 298 g/mol. The molecule has 122 valence electrons. The number of hydrogen-bond donors (Lipinski definition) is 2. The molecule has 6 nitrogen and oxygen atoms in total. The number of carboxylic acid groups (broad SMARTS) is 1. The highest BCUT2D eigenvalue weighted by Crippen LogP contribution is 2.24. The van der Waals surface area contributed by atoms with E-state index in [1.165, 1.54) is 0 Å². The van der Waals surface area contributed by atoms with Crippen molar-refractivity contribution < 1.29 is 24.2 Å². The van der Waals surface area contributed by atoms with Crippen LogP contribution >= 0.6 is 0 Å². The lowest BCUT2D eigenvalue weighted by Gasteiger charge is -2.09. The van der Waals surface area contributed by atoms with Gasteiger partial charge in [0.05, 0.1) is 20.1 Å². The van der Waals surface area contributed by atoms with Gasteiger partial charge in [0.15, 0.2) is 0 Å². The molecule has 6 heteroatoms. The SMILES string of the molecule is COc1ccc2cccc(CC(=O)NCCOCC(=O)O)c2c1. The minimum Gasteiger partial charge on any atom is -0.497 e. The molecule has 0 fully saturated rings. The molecule has 0 aliphatic rings. The van der Waals surface area contributed by atoms with Crippen LogP contribution in [0.4, 0.5) is 0 Å². The second-order valence-corrected chi connectivity index (χ2v) is 4.98. The number of fused-ring (bicyclic) bond motifs is 1. The van der Waals surface area contributed by atoms with Gasteiger partial charge in [0.1, 0.15) is 12.4 Å². The molecule has 2 aromatic carbocycles. The zero-order chi connectivity index (χ0) is 16.7. The smallest absolute Gasteiger partial charge is 0.329 e. The molecule has 2 N–H and O–H groups in total. The molecular formula is C17H19NO5. The molecule has 0 aliphatic carbocycles. The number of methoxy groups -OCH3 is 1. The first-order valence-electron chi connectivity index (χ1n) is 7.22. The summed E-state index contributed by atoms with van der Waals surface area (Å²) in [6.45, 7) is 0.0839. The molecule has 0 saturated heterocycles. The topological polar surface area (TPSA) is 84.9 Å². The third kappa shape index (κ3) is 4.96. The number of aliphatic carboxylic acids is 1. The predicted molar refractivity (Wildman–Crippen MR) is 85.7 cm³/mol. The van der Waals surface area contributed by atoms with Gasteiger partial charge in [-0.05, 0) is 28.5 Å². The van der Waals surface area contributed by atoms with Crippen molar-refractivity contribution in [2.45, 2.75) is 6.42 Å². The molecule has 1 amide bonds. The number of amides is 1. The molecule has 0 saturated carbocycles. The van der Waals surface area contributed by atoms with Crippen LogP contribution in [-0.2, 0) is 20.7 Å². The van der Waals surface area contributed by atoms with Crippen molar-refractivity contribution in [2.75, 3.05) is 26.9 Å². The van der Waals surface area contributed by atoms with Crippen molar-refractivity contribution in [2.24, 2.45) is 0 Å². The Labute approximate surface area is 134 Å². The van der Waals surface area contributed by atoms with Gasteiger partial charge in [0.2, 0.25) is 5.91 Å². The minimum absolute atomic E-state index is 0.140. The molecule has 0 bridgehead atoms. The van der Waals surface area contributed by atoms with Gasteiger partial charge >= 0.3 is 5.97 Å². The largest absolute Gasteiger partial charge is 0.497 e. The lowest BCUT2D eigenvalue weighted by Crippen LogP contribution is -2.29. The van der Waals surface area contributed by atoms with E-state index in [4.69, 9.17) is 14.6 Å². The summed E-state index contributed by atoms with van der Waals surface area (Å²) in [7, 11) is 1.60. The van der Waals surface area contributed by atoms with E-state index in [0.29, 0.717) is 0 Å². The molecule has 23 heavy (non-hydrogen) atoms. The zero-order valence-electron chi connectivity index (χ0n) is 12.9. The van der Waals surface area contributed by atoms with Gasteiger partial charge in [-0.25, -0.2) is 4.79 Å². The number of nitrogens with one attached hydrogen (secondary N) is 1. The maximum Gasteiger partial charge on any atom is 0.329 e. The van der Waals surface area contributed by atoms with E-state index in [0.717, 1.165) is 22.1 Å². The fourth-order valence-corrected chi connectivity index (χ4v) is 2.26. The van der Waals surface area contributed by atoms with Crippen LogP contribution in [0.15, 0.2) is 36.4 Å². The second kappa shape index (κ2) is 8.14. The van der Waals surface area contributed by atoms with Crippen LogP contribution in [0, 0.1) is 0 Å². The standard InChI is InChI=1S/C17H19NO5/c1-22-14-6-5-12-3-2-4-13(15(12)10-14)9-16(19)18-7-8-23-11-17(20)21/h2-6,10H,7-9,11H2,1H3,(H,18,19)(H,20,21). The number of hydrogen-bond acceptors (Lipinski definition) is 4. The molecule has 0 atom stereocenters. The van der Waals surface area contributed by atoms with Gasteiger partial charge in [-0.2, -0.15) is 0 Å². The average molecular weight is 317 g/mol. The maximum absolute atomic E-state index is 12.0. The van der Waals surface area contributed by atoms with E-state index >= 15 is 0 Å². The lowest BCUT2D eigenvalue weighted by molar-refractivity contribution is -0.142. The number of rotatable bonds is 8. The predicted octanol–water partition coefficient (Wildman–Crippen LogP) is 1.61. The number of carbonyl (C=O) groups excluding carboxylic acids is 1. The Morgan fingerprint density at radius 3 is 2.78 bits per heavy atom. The van der Waals surface area contributed by atoms with Crippen LogP contribution in [-0.4, -0.2) is 43.9 Å². The van der Waals surface area contributed by atoms with Crippen molar-refractivity contribution in [3.63, 3.8) is 0 Å². The fraction of sp³-hybridized carbons (Fsp3) is 0.294. The van der Waals surface area contributed by atoms with Crippen LogP contribution in [0.2, 0.25) is 0 Å². The van der Waals surface area contributed by atoms with Gasteiger partial charge in [0, 0.05) is 6.54 Å². The first-order chi connectivity index (χ1) is 11.1. The Morgan fingerprint density at radius 2 is 2.04 bits per heavy atom. The summed E-state index contributed by atoms with van der Waals surface area (Å²) in [5.74, 6) is -0.423. The van der Waals surface area contributed by atoms with Gasteiger partial charge in [-0.15, -0.1) is 0 Å². The van der Waals surface area contributed by atoms with Crippen molar-refractivity contribution in [1.29, 1.82) is 0 Å². The van der Waals surface area contributed by atoms with Crippen molar-refractivity contribution >= 4 is 22.6 Å². The second-order valence-electron chi connectivity index (χ2n) is 4.98. The molecule has 0 unspecified atom stereocenters. The Bertz CT molecular complexity index is 698. The number of ether oxygens (including phenoxy) is 2. The molecule has 0 aliphatic heterocycles. The summed E-state index contributed by atoms with van der Waals surface area (Å²) in [4.78, 5) is 22.3. The average Bonchev–Trinajstić information content (AvgIpc) is 2.54. The number of carbonyl (C=O) groups is 2. The highest BCUT2D eigenvalue weighted by Gasteiger charge is 2.08. The van der Waals surface area contributed by atoms with E-state index in [-0.39, 0.29) is 32.1 Å². The monoisotopic (exact) mass is 317 g/mol. The third-order valence-corrected chi connectivity index (χ3v) is 3.32. The minimum atomic E-state index is -1.03. The van der Waals surface area contributed by atoms with Crippen molar-refractivity contribution in [3.05, 3.63) is 42.0 Å². The molecule has 2 rings (SSSR count). The van der Waals surface area contributed by atoms with Crippen LogP contribution < -0.4 is 10.1 Å². The Kier molecular flexibility index (Phi) is 5.94.